The Bertz CT molecular complexity index is 2010. The predicted octanol–water partition coefficient (Wildman–Crippen LogP) is 5.20. The van der Waals surface area contributed by atoms with Crippen LogP contribution in [0.25, 0.3) is 44.8 Å². The number of ether oxygens (including phenoxy) is 3. The largest absolute Gasteiger partial charge is 0.497 e. The Morgan fingerprint density at radius 2 is 1.09 bits per heavy atom. The van der Waals surface area contributed by atoms with Crippen molar-refractivity contribution in [3.05, 3.63) is 66.5 Å². The minimum Gasteiger partial charge on any atom is -0.497 e. The number of nitrogens with zero attached hydrogens (tertiary/aromatic N) is 8. The van der Waals surface area contributed by atoms with E-state index >= 15 is 0 Å². The molecule has 0 aliphatic heterocycles. The Kier molecular flexibility index (Phi) is 9.21. The first kappa shape index (κ1) is 31.6. The monoisotopic (exact) mass is 628 g/mol. The summed E-state index contributed by atoms with van der Waals surface area (Å²) in [7, 11) is 1.63. The summed E-state index contributed by atoms with van der Waals surface area (Å²) in [5, 5.41) is 0. The highest BCUT2D eigenvalue weighted by Gasteiger charge is 2.15. The van der Waals surface area contributed by atoms with E-state index < -0.39 is 11.6 Å². The number of hydrogen-bond donors (Lipinski definition) is 2. The number of anilines is 2. The molecule has 4 N–H and O–H groups in total. The highest BCUT2D eigenvalue weighted by atomic mass is 19.2. The Morgan fingerprint density at radius 3 is 1.54 bits per heavy atom. The Labute approximate surface area is 262 Å². The maximum Gasteiger partial charge on any atom is 0.247 e. The number of nitrogen functional groups attached to an aromatic ring is 2. The van der Waals surface area contributed by atoms with Gasteiger partial charge in [0.1, 0.15) is 5.75 Å². The van der Waals surface area contributed by atoms with Crippen molar-refractivity contribution in [1.82, 2.24) is 39.9 Å². The lowest BCUT2D eigenvalue weighted by Gasteiger charge is -2.11. The first-order valence-corrected chi connectivity index (χ1v) is 14.0. The molecule has 0 bridgehead atoms. The third-order valence-corrected chi connectivity index (χ3v) is 6.08. The topological polar surface area (TPSA) is 183 Å². The van der Waals surface area contributed by atoms with Gasteiger partial charge in [-0.05, 0) is 70.2 Å². The Balaban J connectivity index is 0.000000181. The van der Waals surface area contributed by atoms with Crippen LogP contribution in [0.15, 0.2) is 54.9 Å². The quantitative estimate of drug-likeness (QED) is 0.235. The van der Waals surface area contributed by atoms with E-state index in [1.165, 1.54) is 12.3 Å². The molecule has 0 saturated carbocycles. The van der Waals surface area contributed by atoms with E-state index in [2.05, 4.69) is 39.9 Å². The van der Waals surface area contributed by atoms with Crippen LogP contribution in [0.5, 0.6) is 17.5 Å². The van der Waals surface area contributed by atoms with Crippen molar-refractivity contribution in [3.8, 4) is 40.0 Å². The molecule has 0 aliphatic rings. The molecule has 46 heavy (non-hydrogen) atoms. The summed E-state index contributed by atoms with van der Waals surface area (Å²) in [6.45, 7) is 7.48. The van der Waals surface area contributed by atoms with E-state index in [1.807, 2.05) is 52.0 Å². The Morgan fingerprint density at radius 1 is 0.609 bits per heavy atom. The van der Waals surface area contributed by atoms with Crippen LogP contribution in [0.4, 0.5) is 20.7 Å². The van der Waals surface area contributed by atoms with E-state index in [0.29, 0.717) is 39.5 Å². The minimum atomic E-state index is -0.961. The van der Waals surface area contributed by atoms with Gasteiger partial charge in [0, 0.05) is 11.1 Å². The van der Waals surface area contributed by atoms with E-state index in [9.17, 15) is 8.78 Å². The standard InChI is InChI=1S/C16H17N5O2.C15H13F2N5O/c1-9(2)23-15-13-14(20-16(17)21-15)18-8-12(19-13)10-4-6-11(22-3)7-5-10;1-7(2)23-14-12-13(21-15(18)22-14)19-6-11(20-12)8-3-4-9(16)10(17)5-8/h4-9H,1-3H3,(H2,17,18,20,21);3-7H,1-2H3,(H2,18,19,21,22). The van der Waals surface area contributed by atoms with Crippen LogP contribution in [-0.4, -0.2) is 59.2 Å². The van der Waals surface area contributed by atoms with E-state index in [4.69, 9.17) is 25.7 Å². The van der Waals surface area contributed by atoms with Gasteiger partial charge in [-0.1, -0.05) is 0 Å². The normalized spacial score (nSPS) is 11.1. The van der Waals surface area contributed by atoms with Gasteiger partial charge in [-0.3, -0.25) is 0 Å². The fraction of sp³-hybridized carbons (Fsp3) is 0.226. The molecular formula is C31H30F2N10O3. The maximum absolute atomic E-state index is 13.4. The van der Waals surface area contributed by atoms with Gasteiger partial charge in [0.25, 0.3) is 0 Å². The zero-order chi connectivity index (χ0) is 33.0. The smallest absolute Gasteiger partial charge is 0.247 e. The zero-order valence-corrected chi connectivity index (χ0v) is 25.6. The van der Waals surface area contributed by atoms with Crippen LogP contribution < -0.4 is 25.7 Å². The van der Waals surface area contributed by atoms with Gasteiger partial charge in [-0.2, -0.15) is 19.9 Å². The lowest BCUT2D eigenvalue weighted by atomic mass is 10.1. The summed E-state index contributed by atoms with van der Waals surface area (Å²) < 4.78 is 42.9. The highest BCUT2D eigenvalue weighted by Crippen LogP contribution is 2.27. The maximum atomic E-state index is 13.4. The molecule has 4 heterocycles. The van der Waals surface area contributed by atoms with Gasteiger partial charge in [0.05, 0.1) is 43.1 Å². The summed E-state index contributed by atoms with van der Waals surface area (Å²) >= 11 is 0. The summed E-state index contributed by atoms with van der Waals surface area (Å²) in [6.07, 6.45) is 2.84. The number of rotatable bonds is 7. The van der Waals surface area contributed by atoms with Gasteiger partial charge >= 0.3 is 0 Å². The van der Waals surface area contributed by atoms with Crippen molar-refractivity contribution in [2.45, 2.75) is 39.9 Å². The molecular weight excluding hydrogens is 598 g/mol. The van der Waals surface area contributed by atoms with Crippen LogP contribution >= 0.6 is 0 Å². The first-order chi connectivity index (χ1) is 22.0. The number of methoxy groups -OCH3 is 1. The van der Waals surface area contributed by atoms with Crippen LogP contribution in [0.3, 0.4) is 0 Å². The number of nitrogens with two attached hydrogens (primary N) is 2. The second-order valence-corrected chi connectivity index (χ2v) is 10.3. The molecule has 13 nitrogen and oxygen atoms in total. The lowest BCUT2D eigenvalue weighted by Crippen LogP contribution is -2.10. The fourth-order valence-electron chi connectivity index (χ4n) is 4.10. The van der Waals surface area contributed by atoms with Gasteiger partial charge in [0.2, 0.25) is 23.7 Å². The molecule has 2 aromatic carbocycles. The molecule has 236 valence electrons. The number of benzene rings is 2. The van der Waals surface area contributed by atoms with Gasteiger partial charge < -0.3 is 25.7 Å². The zero-order valence-electron chi connectivity index (χ0n) is 25.6. The van der Waals surface area contributed by atoms with Crippen LogP contribution in [0.2, 0.25) is 0 Å². The van der Waals surface area contributed by atoms with E-state index in [-0.39, 0.29) is 35.6 Å². The lowest BCUT2D eigenvalue weighted by molar-refractivity contribution is 0.235. The summed E-state index contributed by atoms with van der Waals surface area (Å²) in [5.74, 6) is -0.450. The van der Waals surface area contributed by atoms with Crippen LogP contribution in [-0.2, 0) is 0 Å². The average Bonchev–Trinajstić information content (AvgIpc) is 3.02. The molecule has 0 aliphatic carbocycles. The molecule has 15 heteroatoms. The third kappa shape index (κ3) is 7.26. The molecule has 0 spiro atoms. The minimum absolute atomic E-state index is 0.0167. The second kappa shape index (κ2) is 13.4. The summed E-state index contributed by atoms with van der Waals surface area (Å²) in [4.78, 5) is 33.6. The van der Waals surface area contributed by atoms with Crippen molar-refractivity contribution >= 4 is 34.2 Å². The molecule has 6 aromatic rings. The van der Waals surface area contributed by atoms with Gasteiger partial charge in [-0.15, -0.1) is 0 Å². The number of fused-ring (bicyclic) bond motifs is 2. The number of halogens is 2. The molecule has 0 amide bonds. The fourth-order valence-corrected chi connectivity index (χ4v) is 4.10. The molecule has 0 atom stereocenters. The predicted molar refractivity (Wildman–Crippen MR) is 168 cm³/mol. The summed E-state index contributed by atoms with van der Waals surface area (Å²) in [6, 6.07) is 11.0. The molecule has 4 aromatic heterocycles. The molecule has 0 saturated heterocycles. The molecule has 0 unspecified atom stereocenters. The SMILES string of the molecule is CC(C)Oc1nc(N)nc2ncc(-c3ccc(F)c(F)c3)nc12.COc1ccc(-c2cnc3nc(N)nc(OC(C)C)c3n2)cc1. The Hall–Kier alpha value is -5.86. The van der Waals surface area contributed by atoms with Crippen molar-refractivity contribution in [2.75, 3.05) is 18.6 Å². The highest BCUT2D eigenvalue weighted by molar-refractivity contribution is 5.80. The van der Waals surface area contributed by atoms with Crippen LogP contribution in [0.1, 0.15) is 27.7 Å². The van der Waals surface area contributed by atoms with Crippen molar-refractivity contribution in [3.63, 3.8) is 0 Å². The number of aromatic nitrogens is 8. The van der Waals surface area contributed by atoms with Crippen molar-refractivity contribution < 1.29 is 23.0 Å². The van der Waals surface area contributed by atoms with E-state index in [0.717, 1.165) is 23.4 Å². The van der Waals surface area contributed by atoms with E-state index in [1.54, 1.807) is 13.3 Å². The van der Waals surface area contributed by atoms with Gasteiger partial charge in [-0.25, -0.2) is 28.7 Å². The molecule has 0 fully saturated rings. The van der Waals surface area contributed by atoms with Crippen molar-refractivity contribution in [1.29, 1.82) is 0 Å². The van der Waals surface area contributed by atoms with Gasteiger partial charge in [0.15, 0.2) is 34.0 Å². The molecule has 6 rings (SSSR count). The van der Waals surface area contributed by atoms with Crippen LogP contribution in [0, 0.1) is 11.6 Å². The van der Waals surface area contributed by atoms with Crippen molar-refractivity contribution in [2.24, 2.45) is 0 Å². The third-order valence-electron chi connectivity index (χ3n) is 6.08. The summed E-state index contributed by atoms with van der Waals surface area (Å²) in [5.41, 5.74) is 15.1. The number of hydrogen-bond acceptors (Lipinski definition) is 13. The average molecular weight is 629 g/mol. The molecule has 0 radical (unpaired) electrons. The second-order valence-electron chi connectivity index (χ2n) is 10.3. The first-order valence-electron chi connectivity index (χ1n) is 14.0.